The standard InChI is InChI=1S/C9H17NO2S/c10-13(11,12)8-3-6-9(7-8)4-1-2-5-9/h8H,1-7H2,(H2,10,11,12). The van der Waals surface area contributed by atoms with Gasteiger partial charge >= 0.3 is 0 Å². The van der Waals surface area contributed by atoms with Crippen LogP contribution in [0, 0.1) is 5.41 Å². The molecule has 2 aliphatic rings. The molecule has 1 atom stereocenters. The fourth-order valence-corrected chi connectivity index (χ4v) is 4.05. The Morgan fingerprint density at radius 1 is 1.15 bits per heavy atom. The summed E-state index contributed by atoms with van der Waals surface area (Å²) in [6.07, 6.45) is 7.69. The molecule has 4 heteroatoms. The van der Waals surface area contributed by atoms with Crippen molar-refractivity contribution in [2.75, 3.05) is 0 Å². The molecule has 0 aliphatic heterocycles. The molecule has 2 N–H and O–H groups in total. The van der Waals surface area contributed by atoms with Crippen molar-refractivity contribution in [1.29, 1.82) is 0 Å². The molecule has 0 saturated heterocycles. The Hall–Kier alpha value is -0.0900. The molecule has 0 heterocycles. The summed E-state index contributed by atoms with van der Waals surface area (Å²) in [6, 6.07) is 0. The van der Waals surface area contributed by atoms with Crippen LogP contribution >= 0.6 is 0 Å². The van der Waals surface area contributed by atoms with Gasteiger partial charge in [0, 0.05) is 0 Å². The van der Waals surface area contributed by atoms with E-state index in [1.54, 1.807) is 0 Å². The lowest BCUT2D eigenvalue weighted by atomic mass is 9.85. The molecule has 2 fully saturated rings. The summed E-state index contributed by atoms with van der Waals surface area (Å²) in [7, 11) is -3.27. The Kier molecular flexibility index (Phi) is 2.15. The first-order chi connectivity index (χ1) is 6.02. The number of primary sulfonamides is 1. The maximum Gasteiger partial charge on any atom is 0.211 e. The smallest absolute Gasteiger partial charge is 0.211 e. The molecule has 0 amide bonds. The number of sulfonamides is 1. The lowest BCUT2D eigenvalue weighted by molar-refractivity contribution is 0.309. The third-order valence-corrected chi connectivity index (χ3v) is 5.12. The summed E-state index contributed by atoms with van der Waals surface area (Å²) in [5.41, 5.74) is 0.358. The zero-order valence-electron chi connectivity index (χ0n) is 7.83. The van der Waals surface area contributed by atoms with E-state index >= 15 is 0 Å². The molecular formula is C9H17NO2S. The van der Waals surface area contributed by atoms with E-state index < -0.39 is 10.0 Å². The van der Waals surface area contributed by atoms with Crippen LogP contribution < -0.4 is 5.14 Å². The van der Waals surface area contributed by atoms with Gasteiger partial charge in [0.05, 0.1) is 5.25 Å². The highest BCUT2D eigenvalue weighted by Gasteiger charge is 2.44. The summed E-state index contributed by atoms with van der Waals surface area (Å²) < 4.78 is 22.3. The van der Waals surface area contributed by atoms with Crippen molar-refractivity contribution < 1.29 is 8.42 Å². The summed E-state index contributed by atoms with van der Waals surface area (Å²) in [6.45, 7) is 0. The molecule has 0 radical (unpaired) electrons. The minimum atomic E-state index is -3.27. The maximum absolute atomic E-state index is 11.2. The van der Waals surface area contributed by atoms with E-state index in [1.165, 1.54) is 25.7 Å². The Morgan fingerprint density at radius 2 is 1.77 bits per heavy atom. The predicted molar refractivity (Wildman–Crippen MR) is 51.6 cm³/mol. The van der Waals surface area contributed by atoms with Crippen LogP contribution in [0.3, 0.4) is 0 Å². The predicted octanol–water partition coefficient (Wildman–Crippen LogP) is 1.39. The Labute approximate surface area is 79.7 Å². The minimum Gasteiger partial charge on any atom is -0.228 e. The Balaban J connectivity index is 2.09. The highest BCUT2D eigenvalue weighted by molar-refractivity contribution is 7.89. The largest absolute Gasteiger partial charge is 0.228 e. The molecule has 0 aromatic heterocycles. The van der Waals surface area contributed by atoms with E-state index in [0.717, 1.165) is 19.3 Å². The van der Waals surface area contributed by atoms with Gasteiger partial charge in [-0.2, -0.15) is 0 Å². The van der Waals surface area contributed by atoms with Crippen molar-refractivity contribution in [2.45, 2.75) is 50.2 Å². The van der Waals surface area contributed by atoms with Gasteiger partial charge in [-0.05, 0) is 37.5 Å². The highest BCUT2D eigenvalue weighted by Crippen LogP contribution is 2.51. The van der Waals surface area contributed by atoms with Gasteiger partial charge in [-0.3, -0.25) is 0 Å². The SMILES string of the molecule is NS(=O)(=O)C1CCC2(CCCC2)C1. The molecule has 2 aliphatic carbocycles. The van der Waals surface area contributed by atoms with Crippen LogP contribution in [0.5, 0.6) is 0 Å². The average Bonchev–Trinajstić information content (AvgIpc) is 2.60. The van der Waals surface area contributed by atoms with Crippen LogP contribution in [0.15, 0.2) is 0 Å². The number of hydrogen-bond acceptors (Lipinski definition) is 2. The van der Waals surface area contributed by atoms with Crippen molar-refractivity contribution in [3.63, 3.8) is 0 Å². The number of hydrogen-bond donors (Lipinski definition) is 1. The van der Waals surface area contributed by atoms with Crippen molar-refractivity contribution in [3.8, 4) is 0 Å². The first-order valence-corrected chi connectivity index (χ1v) is 6.64. The normalized spacial score (nSPS) is 32.8. The lowest BCUT2D eigenvalue weighted by Gasteiger charge is -2.21. The summed E-state index contributed by atoms with van der Waals surface area (Å²) >= 11 is 0. The van der Waals surface area contributed by atoms with Gasteiger partial charge in [0.25, 0.3) is 0 Å². The van der Waals surface area contributed by atoms with Gasteiger partial charge in [-0.1, -0.05) is 12.8 Å². The molecule has 0 bridgehead atoms. The second-order valence-electron chi connectivity index (χ2n) is 4.66. The van der Waals surface area contributed by atoms with E-state index in [0.29, 0.717) is 5.41 Å². The molecule has 2 saturated carbocycles. The third kappa shape index (κ3) is 1.74. The molecule has 1 spiro atoms. The van der Waals surface area contributed by atoms with Crippen molar-refractivity contribution in [1.82, 2.24) is 0 Å². The number of nitrogens with two attached hydrogens (primary N) is 1. The molecule has 76 valence electrons. The quantitative estimate of drug-likeness (QED) is 0.700. The first-order valence-electron chi connectivity index (χ1n) is 5.04. The monoisotopic (exact) mass is 203 g/mol. The molecule has 1 unspecified atom stereocenters. The molecule has 3 nitrogen and oxygen atoms in total. The van der Waals surface area contributed by atoms with Crippen LogP contribution in [0.4, 0.5) is 0 Å². The summed E-state index contributed by atoms with van der Waals surface area (Å²) in [4.78, 5) is 0. The lowest BCUT2D eigenvalue weighted by Crippen LogP contribution is -2.27. The van der Waals surface area contributed by atoms with Crippen molar-refractivity contribution in [3.05, 3.63) is 0 Å². The molecule has 0 aromatic rings. The highest BCUT2D eigenvalue weighted by atomic mass is 32.2. The maximum atomic E-state index is 11.2. The van der Waals surface area contributed by atoms with E-state index in [1.807, 2.05) is 0 Å². The number of rotatable bonds is 1. The fourth-order valence-electron chi connectivity index (χ4n) is 3.01. The summed E-state index contributed by atoms with van der Waals surface area (Å²) in [5.74, 6) is 0. The topological polar surface area (TPSA) is 60.2 Å². The van der Waals surface area contributed by atoms with E-state index in [2.05, 4.69) is 0 Å². The Morgan fingerprint density at radius 3 is 2.23 bits per heavy atom. The second kappa shape index (κ2) is 2.95. The Bertz CT molecular complexity index is 291. The van der Waals surface area contributed by atoms with Gasteiger partial charge in [-0.15, -0.1) is 0 Å². The molecule has 13 heavy (non-hydrogen) atoms. The van der Waals surface area contributed by atoms with Crippen molar-refractivity contribution >= 4 is 10.0 Å². The van der Waals surface area contributed by atoms with Crippen LogP contribution in [0.25, 0.3) is 0 Å². The van der Waals surface area contributed by atoms with E-state index in [9.17, 15) is 8.42 Å². The molecule has 0 aromatic carbocycles. The second-order valence-corrected chi connectivity index (χ2v) is 6.51. The zero-order chi connectivity index (χ0) is 9.53. The van der Waals surface area contributed by atoms with Gasteiger partial charge < -0.3 is 0 Å². The van der Waals surface area contributed by atoms with Gasteiger partial charge in [0.1, 0.15) is 0 Å². The first kappa shape index (κ1) is 9.46. The van der Waals surface area contributed by atoms with E-state index in [4.69, 9.17) is 5.14 Å². The van der Waals surface area contributed by atoms with Gasteiger partial charge in [0.15, 0.2) is 0 Å². The summed E-state index contributed by atoms with van der Waals surface area (Å²) in [5, 5.41) is 4.92. The van der Waals surface area contributed by atoms with Crippen LogP contribution in [-0.4, -0.2) is 13.7 Å². The van der Waals surface area contributed by atoms with Crippen LogP contribution in [-0.2, 0) is 10.0 Å². The van der Waals surface area contributed by atoms with Crippen LogP contribution in [0.1, 0.15) is 44.9 Å². The van der Waals surface area contributed by atoms with Gasteiger partial charge in [-0.25, -0.2) is 13.6 Å². The molecule has 2 rings (SSSR count). The third-order valence-electron chi connectivity index (χ3n) is 3.79. The van der Waals surface area contributed by atoms with E-state index in [-0.39, 0.29) is 5.25 Å². The van der Waals surface area contributed by atoms with Crippen molar-refractivity contribution in [2.24, 2.45) is 10.6 Å². The average molecular weight is 203 g/mol. The zero-order valence-corrected chi connectivity index (χ0v) is 8.65. The van der Waals surface area contributed by atoms with Gasteiger partial charge in [0.2, 0.25) is 10.0 Å². The molecular weight excluding hydrogens is 186 g/mol. The van der Waals surface area contributed by atoms with Crippen LogP contribution in [0.2, 0.25) is 0 Å². The minimum absolute atomic E-state index is 0.245. The fraction of sp³-hybridized carbons (Fsp3) is 1.00.